The van der Waals surface area contributed by atoms with Gasteiger partial charge in [0.15, 0.2) is 0 Å². The summed E-state index contributed by atoms with van der Waals surface area (Å²) < 4.78 is 37.5. The van der Waals surface area contributed by atoms with Crippen molar-refractivity contribution in [2.45, 2.75) is 17.9 Å². The Bertz CT molecular complexity index is 870. The highest BCUT2D eigenvalue weighted by Gasteiger charge is 2.29. The van der Waals surface area contributed by atoms with Crippen molar-refractivity contribution in [3.05, 3.63) is 54.6 Å². The number of carbonyl (C=O) groups excluding carboxylic acids is 1. The van der Waals surface area contributed by atoms with E-state index < -0.39 is 16.1 Å². The number of hydrogen-bond donors (Lipinski definition) is 1. The molecule has 1 aliphatic rings. The predicted molar refractivity (Wildman–Crippen MR) is 96.7 cm³/mol. The van der Waals surface area contributed by atoms with E-state index in [1.165, 1.54) is 16.4 Å². The summed E-state index contributed by atoms with van der Waals surface area (Å²) in [5, 5.41) is 2.55. The van der Waals surface area contributed by atoms with Crippen LogP contribution in [0.15, 0.2) is 59.5 Å². The molecule has 1 fully saturated rings. The summed E-state index contributed by atoms with van der Waals surface area (Å²) in [6.07, 6.45) is -0.841. The number of rotatable bonds is 4. The lowest BCUT2D eigenvalue weighted by molar-refractivity contribution is 0.0102. The number of carbonyl (C=O) groups is 1. The fourth-order valence-electron chi connectivity index (χ4n) is 2.63. The molecule has 138 valence electrons. The van der Waals surface area contributed by atoms with Crippen LogP contribution in [0.3, 0.4) is 0 Å². The van der Waals surface area contributed by atoms with Crippen LogP contribution in [0.1, 0.15) is 6.92 Å². The van der Waals surface area contributed by atoms with E-state index in [1.807, 2.05) is 13.0 Å². The first-order valence-electron chi connectivity index (χ1n) is 8.21. The summed E-state index contributed by atoms with van der Waals surface area (Å²) in [4.78, 5) is 12.1. The summed E-state index contributed by atoms with van der Waals surface area (Å²) in [7, 11) is -3.65. The highest BCUT2D eigenvalue weighted by molar-refractivity contribution is 7.89. The van der Waals surface area contributed by atoms with Crippen LogP contribution in [-0.2, 0) is 14.8 Å². The zero-order valence-corrected chi connectivity index (χ0v) is 15.1. The van der Waals surface area contributed by atoms with Crippen LogP contribution < -0.4 is 10.1 Å². The Balaban J connectivity index is 1.72. The van der Waals surface area contributed by atoms with Gasteiger partial charge in [-0.3, -0.25) is 5.32 Å². The van der Waals surface area contributed by atoms with Gasteiger partial charge in [0.2, 0.25) is 10.0 Å². The van der Waals surface area contributed by atoms with Gasteiger partial charge < -0.3 is 9.47 Å². The first kappa shape index (κ1) is 18.4. The second-order valence-electron chi connectivity index (χ2n) is 5.90. The largest absolute Gasteiger partial charge is 0.417 e. The highest BCUT2D eigenvalue weighted by atomic mass is 32.2. The molecular weight excluding hydrogens is 356 g/mol. The molecule has 0 bridgehead atoms. The maximum atomic E-state index is 12.8. The fraction of sp³-hybridized carbons (Fsp3) is 0.278. The van der Waals surface area contributed by atoms with Crippen molar-refractivity contribution in [1.29, 1.82) is 0 Å². The number of para-hydroxylation sites is 1. The summed E-state index contributed by atoms with van der Waals surface area (Å²) in [6.45, 7) is 2.80. The second-order valence-corrected chi connectivity index (χ2v) is 7.84. The van der Waals surface area contributed by atoms with Crippen molar-refractivity contribution in [3.63, 3.8) is 0 Å². The minimum atomic E-state index is -3.65. The van der Waals surface area contributed by atoms with E-state index in [1.54, 1.807) is 36.4 Å². The lowest BCUT2D eigenvalue weighted by atomic mass is 10.3. The summed E-state index contributed by atoms with van der Waals surface area (Å²) >= 11 is 0. The van der Waals surface area contributed by atoms with Gasteiger partial charge in [-0.1, -0.05) is 24.3 Å². The maximum absolute atomic E-state index is 12.8. The average molecular weight is 376 g/mol. The zero-order chi connectivity index (χ0) is 18.6. The minimum absolute atomic E-state index is 0.115. The quantitative estimate of drug-likeness (QED) is 0.887. The molecule has 7 nitrogen and oxygen atoms in total. The van der Waals surface area contributed by atoms with E-state index in [0.717, 1.165) is 0 Å². The predicted octanol–water partition coefficient (Wildman–Crippen LogP) is 2.71. The van der Waals surface area contributed by atoms with Gasteiger partial charge in [-0.25, -0.2) is 13.2 Å². The molecule has 26 heavy (non-hydrogen) atoms. The highest BCUT2D eigenvalue weighted by Crippen LogP contribution is 2.22. The van der Waals surface area contributed by atoms with Gasteiger partial charge in [0.25, 0.3) is 0 Å². The number of amides is 1. The monoisotopic (exact) mass is 376 g/mol. The van der Waals surface area contributed by atoms with Crippen LogP contribution in [0.4, 0.5) is 10.5 Å². The summed E-state index contributed by atoms with van der Waals surface area (Å²) in [6, 6.07) is 14.7. The standard InChI is InChI=1S/C18H20N2O5S/c1-14-13-20(10-11-24-14)26(22,23)17-9-5-6-15(12-17)19-18(21)25-16-7-3-2-4-8-16/h2-9,12,14H,10-11,13H2,1H3,(H,19,21). The van der Waals surface area contributed by atoms with Crippen molar-refractivity contribution in [3.8, 4) is 5.75 Å². The van der Waals surface area contributed by atoms with E-state index in [4.69, 9.17) is 9.47 Å². The van der Waals surface area contributed by atoms with Gasteiger partial charge in [-0.2, -0.15) is 4.31 Å². The molecule has 0 spiro atoms. The molecule has 0 aromatic heterocycles. The summed E-state index contributed by atoms with van der Waals surface area (Å²) in [5.74, 6) is 0.399. The third-order valence-corrected chi connectivity index (χ3v) is 5.74. The molecule has 1 aliphatic heterocycles. The average Bonchev–Trinajstić information content (AvgIpc) is 2.62. The molecule has 0 aliphatic carbocycles. The molecule has 8 heteroatoms. The molecule has 1 heterocycles. The Kier molecular flexibility index (Phi) is 5.55. The molecule has 3 rings (SSSR count). The minimum Gasteiger partial charge on any atom is -0.410 e. The number of ether oxygens (including phenoxy) is 2. The van der Waals surface area contributed by atoms with Crippen LogP contribution in [0, 0.1) is 0 Å². The number of nitrogens with one attached hydrogen (secondary N) is 1. The Morgan fingerprint density at radius 2 is 1.96 bits per heavy atom. The van der Waals surface area contributed by atoms with Crippen molar-refractivity contribution < 1.29 is 22.7 Å². The molecule has 2 aromatic carbocycles. The normalized spacial score (nSPS) is 18.3. The molecule has 1 unspecified atom stereocenters. The first-order chi connectivity index (χ1) is 12.4. The molecule has 1 amide bonds. The number of nitrogens with zero attached hydrogens (tertiary/aromatic N) is 1. The number of morpholine rings is 1. The molecule has 0 radical (unpaired) electrons. The first-order valence-corrected chi connectivity index (χ1v) is 9.65. The van der Waals surface area contributed by atoms with Crippen LogP contribution >= 0.6 is 0 Å². The van der Waals surface area contributed by atoms with Gasteiger partial charge in [0.05, 0.1) is 17.6 Å². The molecular formula is C18H20N2O5S. The van der Waals surface area contributed by atoms with E-state index in [9.17, 15) is 13.2 Å². The van der Waals surface area contributed by atoms with Gasteiger partial charge in [0.1, 0.15) is 5.75 Å². The maximum Gasteiger partial charge on any atom is 0.417 e. The van der Waals surface area contributed by atoms with E-state index in [0.29, 0.717) is 31.1 Å². The SMILES string of the molecule is CC1CN(S(=O)(=O)c2cccc(NC(=O)Oc3ccccc3)c2)CCO1. The fourth-order valence-corrected chi connectivity index (χ4v) is 4.17. The molecule has 1 N–H and O–H groups in total. The number of benzene rings is 2. The van der Waals surface area contributed by atoms with Crippen LogP contribution in [0.25, 0.3) is 0 Å². The lowest BCUT2D eigenvalue weighted by Gasteiger charge is -2.30. The Morgan fingerprint density at radius 3 is 2.69 bits per heavy atom. The lowest BCUT2D eigenvalue weighted by Crippen LogP contribution is -2.44. The Labute approximate surface area is 152 Å². The van der Waals surface area contributed by atoms with Gasteiger partial charge in [0, 0.05) is 18.8 Å². The molecule has 2 aromatic rings. The third kappa shape index (κ3) is 4.40. The van der Waals surface area contributed by atoms with E-state index in [2.05, 4.69) is 5.32 Å². The number of sulfonamides is 1. The smallest absolute Gasteiger partial charge is 0.410 e. The topological polar surface area (TPSA) is 84.9 Å². The number of hydrogen-bond acceptors (Lipinski definition) is 5. The van der Waals surface area contributed by atoms with E-state index in [-0.39, 0.29) is 11.0 Å². The van der Waals surface area contributed by atoms with E-state index >= 15 is 0 Å². The van der Waals surface area contributed by atoms with Crippen LogP contribution in [0.2, 0.25) is 0 Å². The second kappa shape index (κ2) is 7.86. The molecule has 0 saturated carbocycles. The van der Waals surface area contributed by atoms with Gasteiger partial charge in [-0.15, -0.1) is 0 Å². The Morgan fingerprint density at radius 1 is 1.19 bits per heavy atom. The molecule has 1 atom stereocenters. The van der Waals surface area contributed by atoms with Crippen molar-refractivity contribution in [2.75, 3.05) is 25.0 Å². The Hall–Kier alpha value is -2.42. The molecule has 1 saturated heterocycles. The summed E-state index contributed by atoms with van der Waals surface area (Å²) in [5.41, 5.74) is 0.341. The van der Waals surface area contributed by atoms with Crippen molar-refractivity contribution in [2.24, 2.45) is 0 Å². The van der Waals surface area contributed by atoms with Crippen LogP contribution in [-0.4, -0.2) is 44.6 Å². The number of anilines is 1. The van der Waals surface area contributed by atoms with Crippen molar-refractivity contribution >= 4 is 21.8 Å². The third-order valence-electron chi connectivity index (χ3n) is 3.88. The van der Waals surface area contributed by atoms with Gasteiger partial charge >= 0.3 is 6.09 Å². The van der Waals surface area contributed by atoms with Gasteiger partial charge in [-0.05, 0) is 37.3 Å². The van der Waals surface area contributed by atoms with Crippen LogP contribution in [0.5, 0.6) is 5.75 Å². The zero-order valence-electron chi connectivity index (χ0n) is 14.3. The van der Waals surface area contributed by atoms with Crippen molar-refractivity contribution in [1.82, 2.24) is 4.31 Å².